The molecule has 30 heavy (non-hydrogen) atoms. The molecule has 0 unspecified atom stereocenters. The van der Waals surface area contributed by atoms with Crippen LogP contribution in [0.25, 0.3) is 10.9 Å². The van der Waals surface area contributed by atoms with Gasteiger partial charge >= 0.3 is 6.03 Å². The van der Waals surface area contributed by atoms with Crippen LogP contribution in [0.1, 0.15) is 5.56 Å². The Morgan fingerprint density at radius 1 is 1.13 bits per heavy atom. The first kappa shape index (κ1) is 19.2. The van der Waals surface area contributed by atoms with Crippen molar-refractivity contribution in [2.24, 2.45) is 0 Å². The minimum atomic E-state index is -0.872. The van der Waals surface area contributed by atoms with Crippen molar-refractivity contribution in [3.05, 3.63) is 53.6 Å². The van der Waals surface area contributed by atoms with E-state index in [-0.39, 0.29) is 25.6 Å². The van der Waals surface area contributed by atoms with Gasteiger partial charge in [0, 0.05) is 30.6 Å². The molecular formula is C20H15F2N5O3. The van der Waals surface area contributed by atoms with E-state index in [1.54, 1.807) is 18.2 Å². The predicted octanol–water partition coefficient (Wildman–Crippen LogP) is 3.35. The molecule has 2 amide bonds. The second-order valence-electron chi connectivity index (χ2n) is 6.33. The van der Waals surface area contributed by atoms with Crippen LogP contribution in [0.4, 0.5) is 25.1 Å². The highest BCUT2D eigenvalue weighted by molar-refractivity contribution is 5.89. The van der Waals surface area contributed by atoms with Crippen LogP contribution in [0.15, 0.2) is 36.4 Å². The summed E-state index contributed by atoms with van der Waals surface area (Å²) in [6.45, 7) is 0.564. The van der Waals surface area contributed by atoms with Gasteiger partial charge in [-0.1, -0.05) is 0 Å². The van der Waals surface area contributed by atoms with Crippen molar-refractivity contribution in [2.45, 2.75) is 0 Å². The zero-order valence-electron chi connectivity index (χ0n) is 15.5. The Morgan fingerprint density at radius 2 is 1.93 bits per heavy atom. The van der Waals surface area contributed by atoms with Crippen LogP contribution in [0.2, 0.25) is 0 Å². The molecule has 0 saturated heterocycles. The van der Waals surface area contributed by atoms with E-state index in [2.05, 4.69) is 27.0 Å². The van der Waals surface area contributed by atoms with Crippen molar-refractivity contribution in [2.75, 3.05) is 30.5 Å². The van der Waals surface area contributed by atoms with Crippen LogP contribution in [0.3, 0.4) is 0 Å². The largest absolute Gasteiger partial charge is 0.454 e. The molecule has 2 heterocycles. The summed E-state index contributed by atoms with van der Waals surface area (Å²) < 4.78 is 37.1. The van der Waals surface area contributed by atoms with Gasteiger partial charge < -0.3 is 25.4 Å². The predicted molar refractivity (Wildman–Crippen MR) is 104 cm³/mol. The van der Waals surface area contributed by atoms with Crippen LogP contribution < -0.4 is 25.4 Å². The Kier molecular flexibility index (Phi) is 5.17. The Morgan fingerprint density at radius 3 is 2.70 bits per heavy atom. The molecule has 1 aliphatic rings. The van der Waals surface area contributed by atoms with Crippen LogP contribution in [0, 0.1) is 23.0 Å². The number of anilines is 2. The Labute approximate surface area is 169 Å². The van der Waals surface area contributed by atoms with E-state index < -0.39 is 17.7 Å². The number of nitrogens with zero attached hydrogens (tertiary/aromatic N) is 2. The monoisotopic (exact) mass is 411 g/mol. The third-order valence-corrected chi connectivity index (χ3v) is 4.31. The van der Waals surface area contributed by atoms with Gasteiger partial charge in [-0.05, 0) is 24.3 Å². The first-order valence-electron chi connectivity index (χ1n) is 8.92. The maximum absolute atomic E-state index is 13.6. The molecule has 0 aliphatic carbocycles. The zero-order valence-corrected chi connectivity index (χ0v) is 15.5. The van der Waals surface area contributed by atoms with E-state index in [1.807, 2.05) is 0 Å². The molecule has 1 aliphatic heterocycles. The average molecular weight is 411 g/mol. The van der Waals surface area contributed by atoms with E-state index in [4.69, 9.17) is 9.47 Å². The minimum Gasteiger partial charge on any atom is -0.454 e. The van der Waals surface area contributed by atoms with E-state index in [0.29, 0.717) is 34.5 Å². The Balaban J connectivity index is 1.37. The number of halogens is 2. The summed E-state index contributed by atoms with van der Waals surface area (Å²) in [5.41, 5.74) is 0.820. The Bertz CT molecular complexity index is 1180. The lowest BCUT2D eigenvalue weighted by Gasteiger charge is -2.11. The highest BCUT2D eigenvalue weighted by Gasteiger charge is 2.16. The number of benzene rings is 2. The topological polar surface area (TPSA) is 108 Å². The number of rotatable bonds is 5. The summed E-state index contributed by atoms with van der Waals surface area (Å²) in [4.78, 5) is 16.3. The SMILES string of the molecule is N#Cc1cc2cc3c(cc2nc1NCCNC(=O)Nc1ccc(F)cc1F)OCO3. The third kappa shape index (κ3) is 4.00. The molecule has 0 fully saturated rings. The molecule has 0 spiro atoms. The molecule has 0 bridgehead atoms. The van der Waals surface area contributed by atoms with Gasteiger partial charge in [-0.3, -0.25) is 0 Å². The molecule has 0 radical (unpaired) electrons. The molecule has 0 atom stereocenters. The van der Waals surface area contributed by atoms with Gasteiger partial charge in [0.05, 0.1) is 16.8 Å². The van der Waals surface area contributed by atoms with Crippen molar-refractivity contribution >= 4 is 28.4 Å². The van der Waals surface area contributed by atoms with Gasteiger partial charge in [0.15, 0.2) is 11.5 Å². The number of amides is 2. The lowest BCUT2D eigenvalue weighted by Crippen LogP contribution is -2.33. The van der Waals surface area contributed by atoms with Gasteiger partial charge in [0.25, 0.3) is 0 Å². The fourth-order valence-electron chi connectivity index (χ4n) is 2.90. The third-order valence-electron chi connectivity index (χ3n) is 4.31. The number of fused-ring (bicyclic) bond motifs is 2. The highest BCUT2D eigenvalue weighted by Crippen LogP contribution is 2.36. The number of carbonyl (C=O) groups excluding carboxylic acids is 1. The first-order chi connectivity index (χ1) is 14.5. The highest BCUT2D eigenvalue weighted by atomic mass is 19.1. The summed E-state index contributed by atoms with van der Waals surface area (Å²) >= 11 is 0. The van der Waals surface area contributed by atoms with Crippen LogP contribution in [-0.2, 0) is 0 Å². The van der Waals surface area contributed by atoms with Gasteiger partial charge in [0.2, 0.25) is 6.79 Å². The second kappa shape index (κ2) is 8.08. The molecule has 4 rings (SSSR count). The molecule has 1 aromatic heterocycles. The minimum absolute atomic E-state index is 0.136. The van der Waals surface area contributed by atoms with Gasteiger partial charge in [-0.25, -0.2) is 18.6 Å². The molecule has 10 heteroatoms. The quantitative estimate of drug-likeness (QED) is 0.556. The van der Waals surface area contributed by atoms with Crippen molar-refractivity contribution in [3.8, 4) is 17.6 Å². The van der Waals surface area contributed by atoms with Crippen LogP contribution in [-0.4, -0.2) is 30.9 Å². The van der Waals surface area contributed by atoms with Gasteiger partial charge in [0.1, 0.15) is 23.5 Å². The van der Waals surface area contributed by atoms with E-state index in [1.165, 1.54) is 0 Å². The van der Waals surface area contributed by atoms with Crippen LogP contribution in [0.5, 0.6) is 11.5 Å². The fourth-order valence-corrected chi connectivity index (χ4v) is 2.90. The smallest absolute Gasteiger partial charge is 0.319 e. The number of nitrogens with one attached hydrogen (secondary N) is 3. The number of aromatic nitrogens is 1. The first-order valence-corrected chi connectivity index (χ1v) is 8.92. The second-order valence-corrected chi connectivity index (χ2v) is 6.33. The van der Waals surface area contributed by atoms with Crippen molar-refractivity contribution in [1.29, 1.82) is 5.26 Å². The molecular weight excluding hydrogens is 396 g/mol. The molecule has 2 aromatic carbocycles. The number of carbonyl (C=O) groups is 1. The summed E-state index contributed by atoms with van der Waals surface area (Å²) in [5.74, 6) is -0.0691. The van der Waals surface area contributed by atoms with Crippen molar-refractivity contribution < 1.29 is 23.0 Å². The van der Waals surface area contributed by atoms with Crippen molar-refractivity contribution in [1.82, 2.24) is 10.3 Å². The number of hydrogen-bond acceptors (Lipinski definition) is 6. The zero-order chi connectivity index (χ0) is 21.1. The molecule has 3 aromatic rings. The fraction of sp³-hybridized carbons (Fsp3) is 0.150. The number of nitriles is 1. The summed E-state index contributed by atoms with van der Waals surface area (Å²) in [6.07, 6.45) is 0. The van der Waals surface area contributed by atoms with Gasteiger partial charge in [-0.2, -0.15) is 5.26 Å². The lowest BCUT2D eigenvalue weighted by atomic mass is 10.1. The number of hydrogen-bond donors (Lipinski definition) is 3. The van der Waals surface area contributed by atoms with E-state index in [9.17, 15) is 18.8 Å². The van der Waals surface area contributed by atoms with E-state index >= 15 is 0 Å². The summed E-state index contributed by atoms with van der Waals surface area (Å²) in [5, 5.41) is 17.9. The summed E-state index contributed by atoms with van der Waals surface area (Å²) in [6, 6.07) is 9.46. The molecule has 152 valence electrons. The molecule has 8 nitrogen and oxygen atoms in total. The normalized spacial score (nSPS) is 11.8. The number of urea groups is 1. The summed E-state index contributed by atoms with van der Waals surface area (Å²) in [7, 11) is 0. The maximum Gasteiger partial charge on any atom is 0.319 e. The van der Waals surface area contributed by atoms with Gasteiger partial charge in [-0.15, -0.1) is 0 Å². The van der Waals surface area contributed by atoms with E-state index in [0.717, 1.165) is 17.5 Å². The Hall–Kier alpha value is -4.13. The number of ether oxygens (including phenoxy) is 2. The molecule has 0 saturated carbocycles. The average Bonchev–Trinajstić information content (AvgIpc) is 3.18. The number of pyridine rings is 1. The standard InChI is InChI=1S/C20H15F2N5O3/c21-13-1-2-15(14(22)7-13)27-20(28)25-4-3-24-19-12(9-23)5-11-6-17-18(30-10-29-17)8-16(11)26-19/h1-2,5-8H,3-4,10H2,(H,24,26)(H2,25,27,28). The maximum atomic E-state index is 13.6. The molecule has 3 N–H and O–H groups in total. The lowest BCUT2D eigenvalue weighted by molar-refractivity contribution is 0.174. The van der Waals surface area contributed by atoms with Crippen molar-refractivity contribution in [3.63, 3.8) is 0 Å². The van der Waals surface area contributed by atoms with Crippen LogP contribution >= 0.6 is 0 Å².